The van der Waals surface area contributed by atoms with Gasteiger partial charge in [-0.3, -0.25) is 19.2 Å². The minimum absolute atomic E-state index is 0.0349. The first-order valence-electron chi connectivity index (χ1n) is 16.3. The molecule has 2 fully saturated rings. The summed E-state index contributed by atoms with van der Waals surface area (Å²) in [6.45, 7) is 13.5. The quantitative estimate of drug-likeness (QED) is 0.229. The second kappa shape index (κ2) is 16.4. The van der Waals surface area contributed by atoms with Crippen LogP contribution in [0.2, 0.25) is 19.1 Å². The number of likely N-dealkylation sites (tertiary alicyclic amines) is 2. The van der Waals surface area contributed by atoms with E-state index < -0.39 is 20.4 Å². The van der Waals surface area contributed by atoms with Crippen LogP contribution >= 0.6 is 0 Å². The van der Waals surface area contributed by atoms with Gasteiger partial charge in [-0.15, -0.1) is 0 Å². The van der Waals surface area contributed by atoms with Crippen LogP contribution in [0.5, 0.6) is 0 Å². The molecule has 10 heteroatoms. The van der Waals surface area contributed by atoms with Gasteiger partial charge in [0.05, 0.1) is 0 Å². The molecule has 1 N–H and O–H groups in total. The van der Waals surface area contributed by atoms with Gasteiger partial charge in [-0.1, -0.05) is 23.6 Å². The molecule has 0 saturated carbocycles. The zero-order valence-electron chi connectivity index (χ0n) is 27.4. The summed E-state index contributed by atoms with van der Waals surface area (Å²) in [7, 11) is 0.196. The van der Waals surface area contributed by atoms with Crippen LogP contribution in [0.4, 0.5) is 0 Å². The second-order valence-electron chi connectivity index (χ2n) is 12.9. The lowest BCUT2D eigenvalue weighted by Crippen LogP contribution is -2.53. The molecule has 2 aliphatic rings. The number of likely N-dealkylation sites (N-methyl/N-ethyl adjacent to an activating group) is 1. The fourth-order valence-corrected chi connectivity index (χ4v) is 8.43. The zero-order chi connectivity index (χ0) is 31.6. The largest absolute Gasteiger partial charge is 0.418 e. The summed E-state index contributed by atoms with van der Waals surface area (Å²) in [6, 6.07) is 5.84. The van der Waals surface area contributed by atoms with Gasteiger partial charge in [0, 0.05) is 51.8 Å². The molecule has 4 amide bonds. The van der Waals surface area contributed by atoms with E-state index in [0.717, 1.165) is 62.3 Å². The lowest BCUT2D eigenvalue weighted by molar-refractivity contribution is -0.145. The van der Waals surface area contributed by atoms with Crippen LogP contribution in [0.1, 0.15) is 86.2 Å². The highest BCUT2D eigenvalue weighted by Crippen LogP contribution is 2.27. The average molecular weight is 615 g/mol. The third kappa shape index (κ3) is 10.2. The van der Waals surface area contributed by atoms with Crippen molar-refractivity contribution in [3.63, 3.8) is 0 Å². The molecule has 2 aliphatic heterocycles. The predicted molar refractivity (Wildman–Crippen MR) is 172 cm³/mol. The normalized spacial score (nSPS) is 18.7. The van der Waals surface area contributed by atoms with Gasteiger partial charge in [-0.25, -0.2) is 0 Å². The summed E-state index contributed by atoms with van der Waals surface area (Å²) in [6.07, 6.45) is 6.74. The monoisotopic (exact) mass is 614 g/mol. The van der Waals surface area contributed by atoms with Gasteiger partial charge in [0.1, 0.15) is 12.1 Å². The third-order valence-corrected chi connectivity index (χ3v) is 11.3. The van der Waals surface area contributed by atoms with Crippen LogP contribution in [-0.2, 0) is 18.8 Å². The van der Waals surface area contributed by atoms with Crippen LogP contribution < -0.4 is 5.32 Å². The molecule has 3 rings (SSSR count). The van der Waals surface area contributed by atoms with E-state index in [1.807, 2.05) is 39.0 Å². The Bertz CT molecular complexity index is 1110. The summed E-state index contributed by atoms with van der Waals surface area (Å²) in [4.78, 5) is 57.9. The Balaban J connectivity index is 1.41. The lowest BCUT2D eigenvalue weighted by atomic mass is 10.1. The number of hydrogen-bond acceptors (Lipinski definition) is 5. The molecule has 0 aliphatic carbocycles. The van der Waals surface area contributed by atoms with Crippen LogP contribution in [0, 0.1) is 13.8 Å². The molecule has 240 valence electrons. The summed E-state index contributed by atoms with van der Waals surface area (Å²) in [5.41, 5.74) is 2.67. The molecule has 0 radical (unpaired) electrons. The first kappa shape index (κ1) is 34.8. The van der Waals surface area contributed by atoms with E-state index in [1.54, 1.807) is 21.7 Å². The Morgan fingerprint density at radius 2 is 1.58 bits per heavy atom. The minimum Gasteiger partial charge on any atom is -0.418 e. The maximum Gasteiger partial charge on any atom is 0.254 e. The van der Waals surface area contributed by atoms with Crippen molar-refractivity contribution in [1.29, 1.82) is 0 Å². The Labute approximate surface area is 259 Å². The number of carbonyl (C=O) groups excluding carboxylic acids is 4. The summed E-state index contributed by atoms with van der Waals surface area (Å²) in [5.74, 6) is -0.165. The molecule has 1 aromatic rings. The highest BCUT2D eigenvalue weighted by atomic mass is 28.4. The summed E-state index contributed by atoms with van der Waals surface area (Å²) >= 11 is 0. The fraction of sp³-hybridized carbons (Fsp3) is 0.697. The number of nitrogens with one attached hydrogen (secondary N) is 1. The minimum atomic E-state index is -1.60. The fourth-order valence-electron chi connectivity index (χ4n) is 6.48. The van der Waals surface area contributed by atoms with Crippen molar-refractivity contribution >= 4 is 31.9 Å². The Morgan fingerprint density at radius 1 is 0.930 bits per heavy atom. The van der Waals surface area contributed by atoms with Crippen molar-refractivity contribution < 1.29 is 23.6 Å². The predicted octanol–water partition coefficient (Wildman–Crippen LogP) is 4.67. The van der Waals surface area contributed by atoms with Crippen LogP contribution in [-0.4, -0.2) is 98.6 Å². The van der Waals surface area contributed by atoms with Crippen molar-refractivity contribution in [2.75, 3.05) is 39.8 Å². The van der Waals surface area contributed by atoms with Gasteiger partial charge >= 0.3 is 0 Å². The first-order chi connectivity index (χ1) is 20.4. The average Bonchev–Trinajstić information content (AvgIpc) is 3.64. The van der Waals surface area contributed by atoms with Crippen molar-refractivity contribution in [2.45, 2.75) is 110 Å². The molecule has 2 unspecified atom stereocenters. The Hall–Kier alpha value is -2.72. The van der Waals surface area contributed by atoms with E-state index in [2.05, 4.69) is 18.4 Å². The standard InChI is InChI=1S/C33H54N4O5Si/c1-7-42-43(5,6)21-13-17-34-30(38)16-9-8-10-18-35(4)32(40)28-14-11-20-37(28)33(41)29-15-12-19-36(29)31(39)27-23-25(2)22-26(3)24-27/h22-24,28-29H,7-21H2,1-6H3,(H,34,38). The first-order valence-corrected chi connectivity index (χ1v) is 19.4. The van der Waals surface area contributed by atoms with E-state index in [0.29, 0.717) is 51.0 Å². The molecule has 0 spiro atoms. The molecule has 2 saturated heterocycles. The SMILES string of the molecule is CCO[Si](C)(C)CCCNC(=O)CCCCCN(C)C(=O)C1CCCN1C(=O)C1CCCN1C(=O)c1cc(C)cc(C)c1. The van der Waals surface area contributed by atoms with E-state index in [1.165, 1.54) is 0 Å². The van der Waals surface area contributed by atoms with Gasteiger partial charge in [0.25, 0.3) is 5.91 Å². The number of amides is 4. The molecule has 2 atom stereocenters. The number of aryl methyl sites for hydroxylation is 2. The van der Waals surface area contributed by atoms with Crippen LogP contribution in [0.3, 0.4) is 0 Å². The van der Waals surface area contributed by atoms with Gasteiger partial charge in [-0.2, -0.15) is 0 Å². The van der Waals surface area contributed by atoms with Crippen molar-refractivity contribution in [2.24, 2.45) is 0 Å². The molecular formula is C33H54N4O5Si. The number of nitrogens with zero attached hydrogens (tertiary/aromatic N) is 3. The van der Waals surface area contributed by atoms with E-state index in [-0.39, 0.29) is 23.6 Å². The summed E-state index contributed by atoms with van der Waals surface area (Å²) < 4.78 is 5.84. The highest BCUT2D eigenvalue weighted by molar-refractivity contribution is 6.71. The number of unbranched alkanes of at least 4 members (excludes halogenated alkanes) is 2. The lowest BCUT2D eigenvalue weighted by Gasteiger charge is -2.32. The third-order valence-electron chi connectivity index (χ3n) is 8.67. The maximum absolute atomic E-state index is 13.7. The molecule has 0 bridgehead atoms. The smallest absolute Gasteiger partial charge is 0.254 e. The topological polar surface area (TPSA) is 99.3 Å². The van der Waals surface area contributed by atoms with Crippen molar-refractivity contribution in [3.05, 3.63) is 34.9 Å². The van der Waals surface area contributed by atoms with E-state index in [4.69, 9.17) is 4.43 Å². The number of rotatable bonds is 15. The molecular weight excluding hydrogens is 560 g/mol. The number of carbonyl (C=O) groups is 4. The number of benzene rings is 1. The zero-order valence-corrected chi connectivity index (χ0v) is 28.4. The Kier molecular flexibility index (Phi) is 13.2. The molecule has 43 heavy (non-hydrogen) atoms. The Morgan fingerprint density at radius 3 is 2.26 bits per heavy atom. The van der Waals surface area contributed by atoms with E-state index in [9.17, 15) is 19.2 Å². The molecule has 1 aromatic carbocycles. The maximum atomic E-state index is 13.7. The van der Waals surface area contributed by atoms with Gasteiger partial charge in [-0.05, 0) is 97.0 Å². The van der Waals surface area contributed by atoms with Crippen LogP contribution in [0.15, 0.2) is 18.2 Å². The van der Waals surface area contributed by atoms with Gasteiger partial charge in [0.2, 0.25) is 17.7 Å². The van der Waals surface area contributed by atoms with Crippen molar-refractivity contribution in [3.8, 4) is 0 Å². The molecule has 2 heterocycles. The molecule has 9 nitrogen and oxygen atoms in total. The van der Waals surface area contributed by atoms with Crippen LogP contribution in [0.25, 0.3) is 0 Å². The van der Waals surface area contributed by atoms with Crippen molar-refractivity contribution in [1.82, 2.24) is 20.0 Å². The van der Waals surface area contributed by atoms with E-state index >= 15 is 0 Å². The highest BCUT2D eigenvalue weighted by Gasteiger charge is 2.42. The molecule has 0 aromatic heterocycles. The number of hydrogen-bond donors (Lipinski definition) is 1. The summed E-state index contributed by atoms with van der Waals surface area (Å²) in [5, 5.41) is 3.02. The van der Waals surface area contributed by atoms with Gasteiger partial charge in [0.15, 0.2) is 8.32 Å². The van der Waals surface area contributed by atoms with Gasteiger partial charge < -0.3 is 24.4 Å². The second-order valence-corrected chi connectivity index (χ2v) is 17.2.